The lowest BCUT2D eigenvalue weighted by Gasteiger charge is -2.11. The molecule has 0 atom stereocenters. The maximum atomic E-state index is 13.3. The molecule has 6 nitrogen and oxygen atoms in total. The number of carbonyl (C=O) groups excluding carboxylic acids is 2. The van der Waals surface area contributed by atoms with Gasteiger partial charge in [0.1, 0.15) is 17.3 Å². The summed E-state index contributed by atoms with van der Waals surface area (Å²) in [5.41, 5.74) is 0.888. The van der Waals surface area contributed by atoms with E-state index in [4.69, 9.17) is 21.1 Å². The Hall–Kier alpha value is -3.06. The number of carbonyl (C=O) groups is 2. The fourth-order valence-corrected chi connectivity index (χ4v) is 2.32. The second kappa shape index (κ2) is 10.3. The van der Waals surface area contributed by atoms with Crippen LogP contribution in [0.4, 0.5) is 4.39 Å². The Kier molecular flexibility index (Phi) is 7.83. The van der Waals surface area contributed by atoms with E-state index in [0.29, 0.717) is 30.0 Å². The minimum atomic E-state index is -0.629. The molecule has 0 radical (unpaired) electrons. The van der Waals surface area contributed by atoms with Crippen molar-refractivity contribution in [2.45, 2.75) is 6.42 Å². The van der Waals surface area contributed by atoms with Gasteiger partial charge in [0, 0.05) is 30.3 Å². The topological polar surface area (TPSA) is 76.7 Å². The van der Waals surface area contributed by atoms with Crippen LogP contribution in [0.5, 0.6) is 11.5 Å². The number of rotatable bonds is 9. The van der Waals surface area contributed by atoms with Gasteiger partial charge < -0.3 is 20.1 Å². The highest BCUT2D eigenvalue weighted by atomic mass is 35.5. The van der Waals surface area contributed by atoms with Crippen LogP contribution in [0, 0.1) is 5.82 Å². The van der Waals surface area contributed by atoms with Gasteiger partial charge in [0.05, 0.1) is 12.1 Å². The van der Waals surface area contributed by atoms with Gasteiger partial charge in [-0.25, -0.2) is 4.39 Å². The monoisotopic (exact) mass is 406 g/mol. The first-order chi connectivity index (χ1) is 13.4. The summed E-state index contributed by atoms with van der Waals surface area (Å²) in [6.07, 6.45) is 0.344. The third-order valence-electron chi connectivity index (χ3n) is 3.62. The lowest BCUT2D eigenvalue weighted by Crippen LogP contribution is -2.31. The fraction of sp³-hybridized carbons (Fsp3) is 0.200. The van der Waals surface area contributed by atoms with Crippen molar-refractivity contribution in [3.63, 3.8) is 0 Å². The maximum Gasteiger partial charge on any atom is 0.262 e. The Bertz CT molecular complexity index is 873. The highest BCUT2D eigenvalue weighted by molar-refractivity contribution is 6.30. The van der Waals surface area contributed by atoms with Crippen molar-refractivity contribution in [1.29, 1.82) is 0 Å². The first-order valence-corrected chi connectivity index (χ1v) is 8.74. The van der Waals surface area contributed by atoms with E-state index in [1.54, 1.807) is 24.3 Å². The van der Waals surface area contributed by atoms with Gasteiger partial charge in [0.15, 0.2) is 6.61 Å². The van der Waals surface area contributed by atoms with Crippen LogP contribution in [0.3, 0.4) is 0 Å². The van der Waals surface area contributed by atoms with E-state index in [2.05, 4.69) is 17.2 Å². The van der Waals surface area contributed by atoms with E-state index in [1.807, 2.05) is 0 Å². The molecule has 0 saturated heterocycles. The smallest absolute Gasteiger partial charge is 0.262 e. The average molecular weight is 407 g/mol. The second-order valence-electron chi connectivity index (χ2n) is 5.75. The van der Waals surface area contributed by atoms with Gasteiger partial charge in [-0.15, -0.1) is 0 Å². The summed E-state index contributed by atoms with van der Waals surface area (Å²) in [5.74, 6) is -0.556. The van der Waals surface area contributed by atoms with Gasteiger partial charge in [-0.05, 0) is 30.3 Å². The molecule has 2 amide bonds. The normalized spacial score (nSPS) is 10.1. The van der Waals surface area contributed by atoms with Crippen molar-refractivity contribution in [3.8, 4) is 11.5 Å². The zero-order valence-electron chi connectivity index (χ0n) is 15.3. The number of amides is 2. The van der Waals surface area contributed by atoms with Gasteiger partial charge in [-0.2, -0.15) is 0 Å². The van der Waals surface area contributed by atoms with Gasteiger partial charge in [0.25, 0.3) is 11.8 Å². The number of hydrogen-bond donors (Lipinski definition) is 2. The van der Waals surface area contributed by atoms with E-state index < -0.39 is 11.7 Å². The lowest BCUT2D eigenvalue weighted by molar-refractivity contribution is -0.122. The molecule has 0 unspecified atom stereocenters. The standard InChI is InChI=1S/C20H20ClFN2O4/c1-13(8-9-23-20(26)14-4-3-5-15(10-14)27-2)24-19(25)12-28-16-6-7-17(21)18(22)11-16/h3-7,10-11H,1,8-9,12H2,2H3,(H,23,26)(H,24,25). The summed E-state index contributed by atoms with van der Waals surface area (Å²) in [4.78, 5) is 23.9. The van der Waals surface area contributed by atoms with Gasteiger partial charge in [0.2, 0.25) is 0 Å². The van der Waals surface area contributed by atoms with Gasteiger partial charge >= 0.3 is 0 Å². The molecule has 148 valence electrons. The molecule has 2 aromatic rings. The number of halogens is 2. The van der Waals surface area contributed by atoms with Crippen LogP contribution in [0.15, 0.2) is 54.7 Å². The van der Waals surface area contributed by atoms with Crippen LogP contribution < -0.4 is 20.1 Å². The zero-order valence-corrected chi connectivity index (χ0v) is 16.0. The summed E-state index contributed by atoms with van der Waals surface area (Å²) >= 11 is 5.58. The van der Waals surface area contributed by atoms with Gasteiger partial charge in [-0.3, -0.25) is 9.59 Å². The molecule has 8 heteroatoms. The van der Waals surface area contributed by atoms with Gasteiger partial charge in [-0.1, -0.05) is 24.2 Å². The highest BCUT2D eigenvalue weighted by Gasteiger charge is 2.09. The van der Waals surface area contributed by atoms with Crippen molar-refractivity contribution in [3.05, 3.63) is 71.1 Å². The Morgan fingerprint density at radius 2 is 1.96 bits per heavy atom. The fourth-order valence-electron chi connectivity index (χ4n) is 2.20. The summed E-state index contributed by atoms with van der Waals surface area (Å²) < 4.78 is 23.6. The lowest BCUT2D eigenvalue weighted by atomic mass is 10.2. The minimum absolute atomic E-state index is 0.0267. The molecule has 0 spiro atoms. The number of hydrogen-bond acceptors (Lipinski definition) is 4. The molecule has 0 fully saturated rings. The van der Waals surface area contributed by atoms with Crippen LogP contribution in [-0.4, -0.2) is 32.1 Å². The molecule has 28 heavy (non-hydrogen) atoms. The Labute approximate surface area is 167 Å². The SMILES string of the molecule is C=C(CCNC(=O)c1cccc(OC)c1)NC(=O)COc1ccc(Cl)c(F)c1. The molecule has 0 aliphatic heterocycles. The first kappa shape index (κ1) is 21.2. The summed E-state index contributed by atoms with van der Waals surface area (Å²) in [6.45, 7) is 3.72. The van der Waals surface area contributed by atoms with Crippen LogP contribution in [0.1, 0.15) is 16.8 Å². The van der Waals surface area contributed by atoms with E-state index in [0.717, 1.165) is 6.07 Å². The van der Waals surface area contributed by atoms with Crippen LogP contribution >= 0.6 is 11.6 Å². The Morgan fingerprint density at radius 3 is 2.68 bits per heavy atom. The van der Waals surface area contributed by atoms with E-state index in [9.17, 15) is 14.0 Å². The summed E-state index contributed by atoms with van der Waals surface area (Å²) in [7, 11) is 1.52. The first-order valence-electron chi connectivity index (χ1n) is 8.36. The quantitative estimate of drug-likeness (QED) is 0.669. The molecule has 2 rings (SSSR count). The molecule has 0 bridgehead atoms. The average Bonchev–Trinajstić information content (AvgIpc) is 2.68. The van der Waals surface area contributed by atoms with Crippen LogP contribution in [0.25, 0.3) is 0 Å². The van der Waals surface area contributed by atoms with Crippen LogP contribution in [-0.2, 0) is 4.79 Å². The van der Waals surface area contributed by atoms with E-state index in [1.165, 1.54) is 19.2 Å². The molecule has 2 N–H and O–H groups in total. The van der Waals surface area contributed by atoms with Crippen molar-refractivity contribution in [2.24, 2.45) is 0 Å². The highest BCUT2D eigenvalue weighted by Crippen LogP contribution is 2.20. The van der Waals surface area contributed by atoms with E-state index in [-0.39, 0.29) is 23.3 Å². The van der Waals surface area contributed by atoms with Crippen molar-refractivity contribution >= 4 is 23.4 Å². The number of ether oxygens (including phenoxy) is 2. The molecular formula is C20H20ClFN2O4. The van der Waals surface area contributed by atoms with E-state index >= 15 is 0 Å². The molecule has 0 saturated carbocycles. The third kappa shape index (κ3) is 6.59. The zero-order chi connectivity index (χ0) is 20.5. The second-order valence-corrected chi connectivity index (χ2v) is 6.16. The third-order valence-corrected chi connectivity index (χ3v) is 3.93. The molecule has 2 aromatic carbocycles. The number of nitrogens with one attached hydrogen (secondary N) is 2. The van der Waals surface area contributed by atoms with Crippen molar-refractivity contribution < 1.29 is 23.5 Å². The predicted molar refractivity (Wildman–Crippen MR) is 104 cm³/mol. The minimum Gasteiger partial charge on any atom is -0.497 e. The number of methoxy groups -OCH3 is 1. The molecule has 0 aliphatic rings. The summed E-state index contributed by atoms with van der Waals surface area (Å²) in [6, 6.07) is 10.7. The Morgan fingerprint density at radius 1 is 1.18 bits per heavy atom. The Balaban J connectivity index is 1.70. The van der Waals surface area contributed by atoms with Crippen molar-refractivity contribution in [2.75, 3.05) is 20.3 Å². The van der Waals surface area contributed by atoms with Crippen LogP contribution in [0.2, 0.25) is 5.02 Å². The molecule has 0 aliphatic carbocycles. The summed E-state index contributed by atoms with van der Waals surface area (Å²) in [5, 5.41) is 5.26. The van der Waals surface area contributed by atoms with Crippen molar-refractivity contribution in [1.82, 2.24) is 10.6 Å². The molecule has 0 aromatic heterocycles. The predicted octanol–water partition coefficient (Wildman–Crippen LogP) is 3.32. The maximum absolute atomic E-state index is 13.3. The molecule has 0 heterocycles. The molecular weight excluding hydrogens is 387 g/mol. The number of benzene rings is 2. The largest absolute Gasteiger partial charge is 0.497 e.